The molecule has 108 valence electrons. The number of rotatable bonds is 5. The summed E-state index contributed by atoms with van der Waals surface area (Å²) in [5, 5.41) is 0. The van der Waals surface area contributed by atoms with Crippen LogP contribution < -0.4 is 10.6 Å². The Labute approximate surface area is 126 Å². The normalized spacial score (nSPS) is 15.2. The van der Waals surface area contributed by atoms with Crippen molar-refractivity contribution in [3.05, 3.63) is 29.8 Å². The van der Waals surface area contributed by atoms with Crippen LogP contribution >= 0.6 is 12.2 Å². The van der Waals surface area contributed by atoms with Crippen molar-refractivity contribution in [2.45, 2.75) is 38.5 Å². The monoisotopic (exact) mass is 290 g/mol. The molecule has 1 fully saturated rings. The van der Waals surface area contributed by atoms with Crippen molar-refractivity contribution in [1.82, 2.24) is 0 Å². The Bertz CT molecular complexity index is 495. The average molecular weight is 290 g/mol. The first kappa shape index (κ1) is 15.0. The summed E-state index contributed by atoms with van der Waals surface area (Å²) in [6.45, 7) is 0. The fraction of sp³-hybridized carbons (Fsp3) is 0.500. The highest BCUT2D eigenvalue weighted by Gasteiger charge is 2.19. The molecule has 0 heterocycles. The van der Waals surface area contributed by atoms with E-state index in [4.69, 9.17) is 18.0 Å². The number of para-hydroxylation sites is 1. The van der Waals surface area contributed by atoms with Gasteiger partial charge in [-0.25, -0.2) is 0 Å². The second-order valence-corrected chi connectivity index (χ2v) is 5.96. The van der Waals surface area contributed by atoms with Crippen LogP contribution in [0.25, 0.3) is 0 Å². The van der Waals surface area contributed by atoms with E-state index in [0.717, 1.165) is 23.6 Å². The highest BCUT2D eigenvalue weighted by Crippen LogP contribution is 2.29. The quantitative estimate of drug-likeness (QED) is 0.847. The van der Waals surface area contributed by atoms with Crippen LogP contribution in [0.1, 0.15) is 44.1 Å². The number of thiocarbonyl (C=S) groups is 1. The molecule has 1 aliphatic rings. The fourth-order valence-electron chi connectivity index (χ4n) is 2.90. The lowest BCUT2D eigenvalue weighted by atomic mass is 10.0. The Morgan fingerprint density at radius 3 is 2.65 bits per heavy atom. The van der Waals surface area contributed by atoms with Gasteiger partial charge in [-0.2, -0.15) is 0 Å². The maximum atomic E-state index is 12.3. The van der Waals surface area contributed by atoms with Crippen molar-refractivity contribution in [3.63, 3.8) is 0 Å². The summed E-state index contributed by atoms with van der Waals surface area (Å²) in [7, 11) is 1.80. The first-order valence-electron chi connectivity index (χ1n) is 7.25. The molecule has 0 radical (unpaired) electrons. The average Bonchev–Trinajstić information content (AvgIpc) is 2.97. The van der Waals surface area contributed by atoms with Gasteiger partial charge in [0.2, 0.25) is 5.91 Å². The first-order valence-corrected chi connectivity index (χ1v) is 7.66. The van der Waals surface area contributed by atoms with Crippen molar-refractivity contribution in [3.8, 4) is 0 Å². The molecule has 0 atom stereocenters. The lowest BCUT2D eigenvalue weighted by molar-refractivity contribution is -0.118. The summed E-state index contributed by atoms with van der Waals surface area (Å²) in [5.74, 6) is 0.874. The van der Waals surface area contributed by atoms with Gasteiger partial charge in [0.05, 0.1) is 5.69 Å². The number of amides is 1. The Balaban J connectivity index is 2.00. The molecule has 3 nitrogen and oxygen atoms in total. The molecule has 2 rings (SSSR count). The van der Waals surface area contributed by atoms with Gasteiger partial charge in [-0.3, -0.25) is 4.79 Å². The first-order chi connectivity index (χ1) is 9.59. The molecule has 1 amide bonds. The predicted octanol–water partition coefficient (Wildman–Crippen LogP) is 3.25. The summed E-state index contributed by atoms with van der Waals surface area (Å²) in [6, 6.07) is 7.53. The minimum absolute atomic E-state index is 0.139. The topological polar surface area (TPSA) is 46.3 Å². The van der Waals surface area contributed by atoms with E-state index < -0.39 is 0 Å². The van der Waals surface area contributed by atoms with E-state index in [1.54, 1.807) is 11.9 Å². The van der Waals surface area contributed by atoms with Gasteiger partial charge in [0, 0.05) is 19.0 Å². The maximum Gasteiger partial charge on any atom is 0.226 e. The van der Waals surface area contributed by atoms with E-state index in [1.165, 1.54) is 25.7 Å². The molecule has 0 unspecified atom stereocenters. The number of nitrogens with two attached hydrogens (primary N) is 1. The lowest BCUT2D eigenvalue weighted by Gasteiger charge is -2.21. The largest absolute Gasteiger partial charge is 0.389 e. The zero-order valence-electron chi connectivity index (χ0n) is 12.0. The molecule has 1 aromatic carbocycles. The summed E-state index contributed by atoms with van der Waals surface area (Å²) >= 11 is 5.05. The van der Waals surface area contributed by atoms with Gasteiger partial charge in [0.15, 0.2) is 0 Å². The number of nitrogens with zero attached hydrogens (tertiary/aromatic N) is 1. The minimum atomic E-state index is 0.139. The van der Waals surface area contributed by atoms with Crippen LogP contribution in [0.3, 0.4) is 0 Å². The van der Waals surface area contributed by atoms with E-state index in [1.807, 2.05) is 24.3 Å². The van der Waals surface area contributed by atoms with Crippen LogP contribution in [0.4, 0.5) is 5.69 Å². The highest BCUT2D eigenvalue weighted by atomic mass is 32.1. The van der Waals surface area contributed by atoms with Crippen molar-refractivity contribution >= 4 is 28.8 Å². The van der Waals surface area contributed by atoms with Crippen molar-refractivity contribution in [2.24, 2.45) is 11.7 Å². The van der Waals surface area contributed by atoms with E-state index in [0.29, 0.717) is 11.4 Å². The van der Waals surface area contributed by atoms with E-state index in [-0.39, 0.29) is 5.91 Å². The van der Waals surface area contributed by atoms with Gasteiger partial charge >= 0.3 is 0 Å². The highest BCUT2D eigenvalue weighted by molar-refractivity contribution is 7.80. The van der Waals surface area contributed by atoms with Crippen molar-refractivity contribution < 1.29 is 4.79 Å². The van der Waals surface area contributed by atoms with Crippen LogP contribution in [0.2, 0.25) is 0 Å². The lowest BCUT2D eigenvalue weighted by Crippen LogP contribution is -2.28. The fourth-order valence-corrected chi connectivity index (χ4v) is 3.08. The third-order valence-corrected chi connectivity index (χ3v) is 4.37. The van der Waals surface area contributed by atoms with Gasteiger partial charge < -0.3 is 10.6 Å². The molecular weight excluding hydrogens is 268 g/mol. The number of benzene rings is 1. The summed E-state index contributed by atoms with van der Waals surface area (Å²) in [5.41, 5.74) is 7.28. The number of hydrogen-bond donors (Lipinski definition) is 1. The van der Waals surface area contributed by atoms with Crippen LogP contribution in [-0.4, -0.2) is 17.9 Å². The molecule has 0 aromatic heterocycles. The second-order valence-electron chi connectivity index (χ2n) is 5.52. The molecule has 4 heteroatoms. The summed E-state index contributed by atoms with van der Waals surface area (Å²) < 4.78 is 0. The van der Waals surface area contributed by atoms with E-state index >= 15 is 0 Å². The molecule has 20 heavy (non-hydrogen) atoms. The van der Waals surface area contributed by atoms with Gasteiger partial charge in [-0.15, -0.1) is 0 Å². The SMILES string of the molecule is CN(C(=O)CCC1CCCC1)c1ccccc1C(N)=S. The van der Waals surface area contributed by atoms with Crippen LogP contribution in [0.15, 0.2) is 24.3 Å². The third kappa shape index (κ3) is 3.57. The smallest absolute Gasteiger partial charge is 0.226 e. The van der Waals surface area contributed by atoms with Gasteiger partial charge in [-0.1, -0.05) is 50.0 Å². The number of anilines is 1. The van der Waals surface area contributed by atoms with Gasteiger partial charge in [-0.05, 0) is 24.5 Å². The number of hydrogen-bond acceptors (Lipinski definition) is 2. The molecule has 1 saturated carbocycles. The van der Waals surface area contributed by atoms with Gasteiger partial charge in [0.1, 0.15) is 4.99 Å². The van der Waals surface area contributed by atoms with Crippen molar-refractivity contribution in [2.75, 3.05) is 11.9 Å². The number of carbonyl (C=O) groups excluding carboxylic acids is 1. The number of carbonyl (C=O) groups is 1. The second kappa shape index (κ2) is 6.84. The van der Waals surface area contributed by atoms with Crippen LogP contribution in [-0.2, 0) is 4.79 Å². The molecule has 0 aliphatic heterocycles. The zero-order valence-corrected chi connectivity index (χ0v) is 12.8. The molecule has 0 saturated heterocycles. The molecule has 1 aromatic rings. The Kier molecular flexibility index (Phi) is 5.12. The maximum absolute atomic E-state index is 12.3. The van der Waals surface area contributed by atoms with Crippen LogP contribution in [0, 0.1) is 5.92 Å². The van der Waals surface area contributed by atoms with Gasteiger partial charge in [0.25, 0.3) is 0 Å². The van der Waals surface area contributed by atoms with Crippen LogP contribution in [0.5, 0.6) is 0 Å². The minimum Gasteiger partial charge on any atom is -0.389 e. The summed E-state index contributed by atoms with van der Waals surface area (Å²) in [6.07, 6.45) is 6.80. The molecule has 2 N–H and O–H groups in total. The predicted molar refractivity (Wildman–Crippen MR) is 86.9 cm³/mol. The summed E-state index contributed by atoms with van der Waals surface area (Å²) in [4.78, 5) is 14.3. The van der Waals surface area contributed by atoms with E-state index in [2.05, 4.69) is 0 Å². The van der Waals surface area contributed by atoms with Crippen molar-refractivity contribution in [1.29, 1.82) is 0 Å². The Hall–Kier alpha value is -1.42. The molecule has 0 bridgehead atoms. The molecule has 1 aliphatic carbocycles. The Morgan fingerprint density at radius 1 is 1.35 bits per heavy atom. The molecule has 0 spiro atoms. The third-order valence-electron chi connectivity index (χ3n) is 4.15. The standard InChI is InChI=1S/C16H22N2OS/c1-18(14-9-5-4-8-13(14)16(17)20)15(19)11-10-12-6-2-3-7-12/h4-5,8-9,12H,2-3,6-7,10-11H2,1H3,(H2,17,20). The molecular formula is C16H22N2OS. The zero-order chi connectivity index (χ0) is 14.5. The van der Waals surface area contributed by atoms with E-state index in [9.17, 15) is 4.79 Å². The Morgan fingerprint density at radius 2 is 2.00 bits per heavy atom.